The Bertz CT molecular complexity index is 969. The van der Waals surface area contributed by atoms with Gasteiger partial charge in [-0.2, -0.15) is 5.10 Å². The average Bonchev–Trinajstić information content (AvgIpc) is 2.78. The van der Waals surface area contributed by atoms with Crippen LogP contribution in [-0.2, 0) is 11.3 Å². The minimum Gasteiger partial charge on any atom is -0.504 e. The molecule has 0 saturated carbocycles. The first-order valence-corrected chi connectivity index (χ1v) is 10.7. The number of hydrazone groups is 1. The van der Waals surface area contributed by atoms with Gasteiger partial charge in [0.2, 0.25) is 0 Å². The predicted octanol–water partition coefficient (Wildman–Crippen LogP) is 2.29. The van der Waals surface area contributed by atoms with Gasteiger partial charge < -0.3 is 14.6 Å². The van der Waals surface area contributed by atoms with Crippen molar-refractivity contribution in [3.8, 4) is 17.2 Å². The number of carbonyl (C=O) groups is 1. The van der Waals surface area contributed by atoms with E-state index >= 15 is 0 Å². The number of piperazine rings is 1. The molecule has 2 N–H and O–H groups in total. The van der Waals surface area contributed by atoms with Gasteiger partial charge in [0, 0.05) is 38.3 Å². The highest BCUT2D eigenvalue weighted by molar-refractivity contribution is 5.86. The van der Waals surface area contributed by atoms with E-state index in [4.69, 9.17) is 9.47 Å². The zero-order valence-corrected chi connectivity index (χ0v) is 19.2. The molecule has 2 aromatic carbocycles. The smallest absolute Gasteiger partial charge is 0.254 e. The number of methoxy groups -OCH3 is 2. The summed E-state index contributed by atoms with van der Waals surface area (Å²) in [5.41, 5.74) is 6.65. The summed E-state index contributed by atoms with van der Waals surface area (Å²) in [6.07, 6.45) is 1.41. The number of rotatable bonds is 8. The lowest BCUT2D eigenvalue weighted by atomic mass is 10.0. The SMILES string of the molecule is COc1cc(CN2CCN(CC(=O)N/N=C/c3cccc(OC)c3O)CC2)cc(C)c1C. The number of aryl methyl sites for hydroxylation is 1. The highest BCUT2D eigenvalue weighted by Crippen LogP contribution is 2.28. The van der Waals surface area contributed by atoms with E-state index in [1.807, 2.05) is 0 Å². The van der Waals surface area contributed by atoms with Crippen molar-refractivity contribution in [2.45, 2.75) is 20.4 Å². The second-order valence-electron chi connectivity index (χ2n) is 7.98. The fourth-order valence-corrected chi connectivity index (χ4v) is 3.79. The van der Waals surface area contributed by atoms with Gasteiger partial charge in [-0.3, -0.25) is 14.6 Å². The third kappa shape index (κ3) is 5.99. The zero-order valence-electron chi connectivity index (χ0n) is 19.2. The lowest BCUT2D eigenvalue weighted by Crippen LogP contribution is -2.48. The van der Waals surface area contributed by atoms with Crippen LogP contribution < -0.4 is 14.9 Å². The minimum atomic E-state index is -0.184. The normalized spacial score (nSPS) is 15.1. The fourth-order valence-electron chi connectivity index (χ4n) is 3.79. The molecule has 0 aliphatic carbocycles. The molecule has 1 aliphatic rings. The molecule has 0 unspecified atom stereocenters. The van der Waals surface area contributed by atoms with Crippen molar-refractivity contribution in [2.75, 3.05) is 46.9 Å². The first-order valence-electron chi connectivity index (χ1n) is 10.7. The van der Waals surface area contributed by atoms with Crippen LogP contribution >= 0.6 is 0 Å². The van der Waals surface area contributed by atoms with Gasteiger partial charge in [-0.05, 0) is 48.7 Å². The number of nitrogens with zero attached hydrogens (tertiary/aromatic N) is 3. The number of phenols is 1. The number of benzene rings is 2. The second-order valence-corrected chi connectivity index (χ2v) is 7.98. The Morgan fingerprint density at radius 2 is 1.78 bits per heavy atom. The highest BCUT2D eigenvalue weighted by atomic mass is 16.5. The molecular formula is C24H32N4O4. The maximum Gasteiger partial charge on any atom is 0.254 e. The summed E-state index contributed by atoms with van der Waals surface area (Å²) < 4.78 is 10.6. The third-order valence-corrected chi connectivity index (χ3v) is 5.78. The average molecular weight is 441 g/mol. The molecule has 1 amide bonds. The van der Waals surface area contributed by atoms with Crippen LogP contribution in [0.2, 0.25) is 0 Å². The van der Waals surface area contributed by atoms with E-state index in [2.05, 4.69) is 46.3 Å². The van der Waals surface area contributed by atoms with Crippen LogP contribution in [0.25, 0.3) is 0 Å². The van der Waals surface area contributed by atoms with Gasteiger partial charge in [0.05, 0.1) is 27.0 Å². The molecule has 1 saturated heterocycles. The minimum absolute atomic E-state index is 0.00879. The van der Waals surface area contributed by atoms with E-state index in [0.717, 1.165) is 38.5 Å². The largest absolute Gasteiger partial charge is 0.504 e. The Balaban J connectivity index is 1.45. The summed E-state index contributed by atoms with van der Waals surface area (Å²) in [6, 6.07) is 9.42. The molecule has 8 heteroatoms. The van der Waals surface area contributed by atoms with Crippen LogP contribution in [0.3, 0.4) is 0 Å². The number of hydrogen-bond donors (Lipinski definition) is 2. The van der Waals surface area contributed by atoms with Crippen molar-refractivity contribution in [2.24, 2.45) is 5.10 Å². The van der Waals surface area contributed by atoms with Crippen LogP contribution in [0.5, 0.6) is 17.2 Å². The molecule has 0 spiro atoms. The predicted molar refractivity (Wildman–Crippen MR) is 125 cm³/mol. The maximum absolute atomic E-state index is 12.2. The van der Waals surface area contributed by atoms with Gasteiger partial charge in [0.25, 0.3) is 5.91 Å². The highest BCUT2D eigenvalue weighted by Gasteiger charge is 2.19. The van der Waals surface area contributed by atoms with E-state index in [1.54, 1.807) is 25.3 Å². The number of ether oxygens (including phenoxy) is 2. The Hall–Kier alpha value is -3.10. The number of amides is 1. The molecule has 0 aromatic heterocycles. The molecule has 1 heterocycles. The lowest BCUT2D eigenvalue weighted by molar-refractivity contribution is -0.122. The first-order chi connectivity index (χ1) is 15.4. The molecule has 0 radical (unpaired) electrons. The number of nitrogens with one attached hydrogen (secondary N) is 1. The molecular weight excluding hydrogens is 408 g/mol. The molecule has 1 aliphatic heterocycles. The molecule has 8 nitrogen and oxygen atoms in total. The van der Waals surface area contributed by atoms with Crippen molar-refractivity contribution in [3.05, 3.63) is 52.6 Å². The quantitative estimate of drug-likeness (QED) is 0.484. The van der Waals surface area contributed by atoms with E-state index < -0.39 is 0 Å². The molecule has 172 valence electrons. The van der Waals surface area contributed by atoms with Gasteiger partial charge in [-0.25, -0.2) is 5.43 Å². The molecule has 0 atom stereocenters. The monoisotopic (exact) mass is 440 g/mol. The maximum atomic E-state index is 12.2. The molecule has 32 heavy (non-hydrogen) atoms. The first kappa shape index (κ1) is 23.6. The zero-order chi connectivity index (χ0) is 23.1. The molecule has 2 aromatic rings. The standard InChI is InChI=1S/C24H32N4O4/c1-17-12-19(13-22(32-4)18(17)2)15-27-8-10-28(11-9-27)16-23(29)26-25-14-20-6-5-7-21(31-3)24(20)30/h5-7,12-14,30H,8-11,15-16H2,1-4H3,(H,26,29)/b25-14+. The number of para-hydroxylation sites is 1. The van der Waals surface area contributed by atoms with Crippen molar-refractivity contribution in [1.82, 2.24) is 15.2 Å². The van der Waals surface area contributed by atoms with Gasteiger partial charge >= 0.3 is 0 Å². The van der Waals surface area contributed by atoms with E-state index in [-0.39, 0.29) is 18.2 Å². The molecule has 3 rings (SSSR count). The summed E-state index contributed by atoms with van der Waals surface area (Å²) in [7, 11) is 3.19. The second kappa shape index (κ2) is 11.0. The third-order valence-electron chi connectivity index (χ3n) is 5.78. The van der Waals surface area contributed by atoms with Crippen LogP contribution in [0.1, 0.15) is 22.3 Å². The number of aromatic hydroxyl groups is 1. The van der Waals surface area contributed by atoms with Gasteiger partial charge in [0.1, 0.15) is 5.75 Å². The van der Waals surface area contributed by atoms with Crippen LogP contribution in [-0.4, -0.2) is 74.0 Å². The Kier molecular flexibility index (Phi) is 8.08. The lowest BCUT2D eigenvalue weighted by Gasteiger charge is -2.34. The van der Waals surface area contributed by atoms with Gasteiger partial charge in [-0.1, -0.05) is 12.1 Å². The van der Waals surface area contributed by atoms with E-state index in [1.165, 1.54) is 30.0 Å². The molecule has 1 fully saturated rings. The summed E-state index contributed by atoms with van der Waals surface area (Å²) in [4.78, 5) is 16.7. The number of carbonyl (C=O) groups excluding carboxylic acids is 1. The topological polar surface area (TPSA) is 86.6 Å². The van der Waals surface area contributed by atoms with E-state index in [9.17, 15) is 9.90 Å². The van der Waals surface area contributed by atoms with Gasteiger partial charge in [-0.15, -0.1) is 0 Å². The summed E-state index contributed by atoms with van der Waals surface area (Å²) in [6.45, 7) is 8.75. The van der Waals surface area contributed by atoms with Crippen molar-refractivity contribution >= 4 is 12.1 Å². The van der Waals surface area contributed by atoms with Crippen molar-refractivity contribution in [3.63, 3.8) is 0 Å². The Morgan fingerprint density at radius 3 is 2.47 bits per heavy atom. The van der Waals surface area contributed by atoms with Gasteiger partial charge in [0.15, 0.2) is 11.5 Å². The van der Waals surface area contributed by atoms with Crippen LogP contribution in [0.4, 0.5) is 0 Å². The fraction of sp³-hybridized carbons (Fsp3) is 0.417. The van der Waals surface area contributed by atoms with Crippen LogP contribution in [0, 0.1) is 13.8 Å². The summed E-state index contributed by atoms with van der Waals surface area (Å²) >= 11 is 0. The van der Waals surface area contributed by atoms with E-state index in [0.29, 0.717) is 11.3 Å². The van der Waals surface area contributed by atoms with Crippen molar-refractivity contribution < 1.29 is 19.4 Å². The van der Waals surface area contributed by atoms with Crippen LogP contribution in [0.15, 0.2) is 35.4 Å². The number of phenolic OH excluding ortho intramolecular Hbond substituents is 1. The Labute approximate surface area is 189 Å². The summed E-state index contributed by atoms with van der Waals surface area (Å²) in [5.74, 6) is 1.09. The molecule has 0 bridgehead atoms. The Morgan fingerprint density at radius 1 is 1.09 bits per heavy atom. The van der Waals surface area contributed by atoms with Crippen molar-refractivity contribution in [1.29, 1.82) is 0 Å². The number of hydrogen-bond acceptors (Lipinski definition) is 7. The summed E-state index contributed by atoms with van der Waals surface area (Å²) in [5, 5.41) is 14.0.